The summed E-state index contributed by atoms with van der Waals surface area (Å²) in [4.78, 5) is 13.7. The summed E-state index contributed by atoms with van der Waals surface area (Å²) in [6.45, 7) is 5.10. The maximum atomic E-state index is 14.1. The standard InChI is InChI=1S/C29H39F2N3O3/c1-27(36)12-13-29(16-37-3)17(14-27)4-5-18-19-6-7-21(28(19,2)11-10-20(18)29)24(35)15-34-23-9-8-22(30)25(31)26(23)32-33-34/h8-9,17-21,36H,4-7,10-16H2,1-3H3/t17-,18+,19+,20+,21-,27-,28+,29-/m1/s1. The van der Waals surface area contributed by atoms with E-state index in [0.29, 0.717) is 29.2 Å². The van der Waals surface area contributed by atoms with Crippen LogP contribution in [0.4, 0.5) is 8.78 Å². The molecule has 0 saturated heterocycles. The average molecular weight is 516 g/mol. The Morgan fingerprint density at radius 3 is 2.70 bits per heavy atom. The molecule has 6 rings (SSSR count). The predicted molar refractivity (Wildman–Crippen MR) is 134 cm³/mol. The zero-order valence-electron chi connectivity index (χ0n) is 22.2. The zero-order valence-corrected chi connectivity index (χ0v) is 22.2. The molecule has 0 amide bonds. The van der Waals surface area contributed by atoms with Gasteiger partial charge in [0.2, 0.25) is 0 Å². The predicted octanol–water partition coefficient (Wildman–Crippen LogP) is 5.32. The number of aliphatic hydroxyl groups is 1. The number of carbonyl (C=O) groups is 1. The third-order valence-corrected chi connectivity index (χ3v) is 11.3. The van der Waals surface area contributed by atoms with Crippen molar-refractivity contribution < 1.29 is 23.4 Å². The van der Waals surface area contributed by atoms with E-state index in [1.807, 2.05) is 14.0 Å². The fraction of sp³-hybridized carbons (Fsp3) is 0.759. The molecule has 6 nitrogen and oxygen atoms in total. The first kappa shape index (κ1) is 25.4. The average Bonchev–Trinajstić information content (AvgIpc) is 3.42. The maximum Gasteiger partial charge on any atom is 0.188 e. The van der Waals surface area contributed by atoms with Gasteiger partial charge in [0.05, 0.1) is 17.7 Å². The normalized spacial score (nSPS) is 41.3. The van der Waals surface area contributed by atoms with Crippen molar-refractivity contribution in [2.45, 2.75) is 83.8 Å². The third kappa shape index (κ3) is 3.80. The molecule has 1 N–H and O–H groups in total. The summed E-state index contributed by atoms with van der Waals surface area (Å²) in [6.07, 6.45) is 9.03. The Labute approximate surface area is 217 Å². The smallest absolute Gasteiger partial charge is 0.188 e. The highest BCUT2D eigenvalue weighted by atomic mass is 19.2. The van der Waals surface area contributed by atoms with Gasteiger partial charge in [0.1, 0.15) is 6.54 Å². The van der Waals surface area contributed by atoms with Gasteiger partial charge in [-0.1, -0.05) is 12.1 Å². The largest absolute Gasteiger partial charge is 0.390 e. The number of nitrogens with zero attached hydrogens (tertiary/aromatic N) is 3. The number of methoxy groups -OCH3 is 1. The summed E-state index contributed by atoms with van der Waals surface area (Å²) in [6, 6.07) is 2.51. The van der Waals surface area contributed by atoms with Crippen LogP contribution in [-0.2, 0) is 16.1 Å². The van der Waals surface area contributed by atoms with E-state index >= 15 is 0 Å². The second-order valence-corrected chi connectivity index (χ2v) is 13.1. The minimum absolute atomic E-state index is 0.0351. The number of fused-ring (bicyclic) bond motifs is 6. The summed E-state index contributed by atoms with van der Waals surface area (Å²) >= 11 is 0. The van der Waals surface area contributed by atoms with Gasteiger partial charge in [-0.25, -0.2) is 13.5 Å². The first-order chi connectivity index (χ1) is 17.6. The molecule has 0 aliphatic heterocycles. The number of halogens is 2. The molecule has 0 unspecified atom stereocenters. The number of ketones is 1. The Hall–Kier alpha value is -1.93. The third-order valence-electron chi connectivity index (χ3n) is 11.3. The van der Waals surface area contributed by atoms with Crippen LogP contribution in [-0.4, -0.2) is 45.2 Å². The summed E-state index contributed by atoms with van der Waals surface area (Å²) in [5.74, 6) is 0.216. The van der Waals surface area contributed by atoms with E-state index in [2.05, 4.69) is 17.2 Å². The van der Waals surface area contributed by atoms with Crippen LogP contribution in [0, 0.1) is 52.1 Å². The van der Waals surface area contributed by atoms with Gasteiger partial charge < -0.3 is 9.84 Å². The molecule has 8 atom stereocenters. The lowest BCUT2D eigenvalue weighted by molar-refractivity contribution is -0.175. The molecule has 1 aromatic carbocycles. The van der Waals surface area contributed by atoms with Crippen LogP contribution >= 0.6 is 0 Å². The van der Waals surface area contributed by atoms with E-state index in [0.717, 1.165) is 70.5 Å². The summed E-state index contributed by atoms with van der Waals surface area (Å²) in [5, 5.41) is 18.6. The Balaban J connectivity index is 1.24. The summed E-state index contributed by atoms with van der Waals surface area (Å²) < 4.78 is 35.0. The van der Waals surface area contributed by atoms with Crippen molar-refractivity contribution in [3.8, 4) is 0 Å². The number of hydrogen-bond donors (Lipinski definition) is 1. The molecule has 37 heavy (non-hydrogen) atoms. The van der Waals surface area contributed by atoms with Gasteiger partial charge in [0, 0.05) is 13.0 Å². The van der Waals surface area contributed by atoms with Gasteiger partial charge in [-0.3, -0.25) is 4.79 Å². The van der Waals surface area contributed by atoms with Gasteiger partial charge in [-0.15, -0.1) is 5.10 Å². The molecule has 0 bridgehead atoms. The van der Waals surface area contributed by atoms with Gasteiger partial charge in [0.25, 0.3) is 0 Å². The molecule has 1 aromatic heterocycles. The quantitative estimate of drug-likeness (QED) is 0.584. The van der Waals surface area contributed by atoms with Crippen molar-refractivity contribution in [1.82, 2.24) is 15.0 Å². The maximum absolute atomic E-state index is 14.1. The molecule has 0 radical (unpaired) electrons. The van der Waals surface area contributed by atoms with Crippen molar-refractivity contribution >= 4 is 16.8 Å². The number of carbonyl (C=O) groups excluding carboxylic acids is 1. The number of Topliss-reactive ketones (excluding diaryl/α,β-unsaturated/α-hetero) is 1. The van der Waals surface area contributed by atoms with Gasteiger partial charge >= 0.3 is 0 Å². The Morgan fingerprint density at radius 1 is 1.11 bits per heavy atom. The zero-order chi connectivity index (χ0) is 26.2. The molecule has 0 spiro atoms. The topological polar surface area (TPSA) is 77.2 Å². The van der Waals surface area contributed by atoms with Gasteiger partial charge in [-0.05, 0) is 111 Å². The van der Waals surface area contributed by atoms with Gasteiger partial charge in [-0.2, -0.15) is 0 Å². The number of rotatable bonds is 5. The molecular formula is C29H39F2N3O3. The van der Waals surface area contributed by atoms with E-state index in [1.165, 1.54) is 10.7 Å². The molecule has 1 heterocycles. The monoisotopic (exact) mass is 515 g/mol. The van der Waals surface area contributed by atoms with Crippen LogP contribution in [0.15, 0.2) is 12.1 Å². The molecule has 8 heteroatoms. The van der Waals surface area contributed by atoms with Crippen molar-refractivity contribution in [2.24, 2.45) is 40.4 Å². The first-order valence-electron chi connectivity index (χ1n) is 14.0. The number of benzene rings is 1. The fourth-order valence-corrected chi connectivity index (χ4v) is 9.67. The molecule has 2 aromatic rings. The fourth-order valence-electron chi connectivity index (χ4n) is 9.67. The Kier molecular flexibility index (Phi) is 6.03. The van der Waals surface area contributed by atoms with Crippen LogP contribution < -0.4 is 0 Å². The number of aromatic nitrogens is 3. The van der Waals surface area contributed by atoms with E-state index in [-0.39, 0.29) is 34.6 Å². The molecule has 202 valence electrons. The van der Waals surface area contributed by atoms with Crippen LogP contribution in [0.3, 0.4) is 0 Å². The molecular weight excluding hydrogens is 476 g/mol. The van der Waals surface area contributed by atoms with E-state index in [4.69, 9.17) is 4.74 Å². The lowest BCUT2D eigenvalue weighted by atomic mass is 9.43. The van der Waals surface area contributed by atoms with E-state index in [1.54, 1.807) is 0 Å². The highest BCUT2D eigenvalue weighted by molar-refractivity contribution is 5.84. The number of hydrogen-bond acceptors (Lipinski definition) is 5. The molecule has 4 fully saturated rings. The SMILES string of the molecule is COC[C@]12CC[C@@](C)(O)C[C@H]1CC[C@H]1[C@@H]3CC[C@H](C(=O)Cn4nnc5c(F)c(F)ccc54)[C@@]3(C)CC[C@@H]12. The molecule has 4 saturated carbocycles. The van der Waals surface area contributed by atoms with Crippen molar-refractivity contribution in [3.63, 3.8) is 0 Å². The Morgan fingerprint density at radius 2 is 1.92 bits per heavy atom. The molecule has 4 aliphatic rings. The van der Waals surface area contributed by atoms with Crippen LogP contribution in [0.5, 0.6) is 0 Å². The number of ether oxygens (including phenoxy) is 1. The molecule has 4 aliphatic carbocycles. The van der Waals surface area contributed by atoms with Crippen molar-refractivity contribution in [1.29, 1.82) is 0 Å². The van der Waals surface area contributed by atoms with Crippen LogP contribution in [0.1, 0.15) is 71.6 Å². The minimum atomic E-state index is -1.02. The van der Waals surface area contributed by atoms with Crippen molar-refractivity contribution in [2.75, 3.05) is 13.7 Å². The highest BCUT2D eigenvalue weighted by Gasteiger charge is 2.63. The van der Waals surface area contributed by atoms with Crippen molar-refractivity contribution in [3.05, 3.63) is 23.8 Å². The van der Waals surface area contributed by atoms with Gasteiger partial charge in [0.15, 0.2) is 22.9 Å². The second kappa shape index (κ2) is 8.80. The second-order valence-electron chi connectivity index (χ2n) is 13.1. The summed E-state index contributed by atoms with van der Waals surface area (Å²) in [7, 11) is 1.81. The minimum Gasteiger partial charge on any atom is -0.390 e. The lowest BCUT2D eigenvalue weighted by Crippen LogP contribution is -2.58. The van der Waals surface area contributed by atoms with E-state index < -0.39 is 17.2 Å². The first-order valence-corrected chi connectivity index (χ1v) is 14.0. The highest BCUT2D eigenvalue weighted by Crippen LogP contribution is 2.68. The van der Waals surface area contributed by atoms with Crippen LogP contribution in [0.25, 0.3) is 11.0 Å². The van der Waals surface area contributed by atoms with E-state index in [9.17, 15) is 18.7 Å². The summed E-state index contributed by atoms with van der Waals surface area (Å²) in [5.41, 5.74) is -0.294. The lowest BCUT2D eigenvalue weighted by Gasteiger charge is -2.62. The Bertz CT molecular complexity index is 1210. The van der Waals surface area contributed by atoms with Crippen LogP contribution in [0.2, 0.25) is 0 Å².